The molecule has 2 rings (SSSR count). The molecule has 0 radical (unpaired) electrons. The highest BCUT2D eigenvalue weighted by molar-refractivity contribution is 14.1. The number of nitrogens with two attached hydrogens (primary N) is 1. The summed E-state index contributed by atoms with van der Waals surface area (Å²) in [4.78, 5) is 12.7. The zero-order valence-corrected chi connectivity index (χ0v) is 16.6. The van der Waals surface area contributed by atoms with Gasteiger partial charge in [0.1, 0.15) is 4.99 Å². The Hall–Kier alpha value is -0.510. The number of thiocarbonyl (C=S) groups is 1. The van der Waals surface area contributed by atoms with Gasteiger partial charge in [-0.05, 0) is 90.8 Å². The van der Waals surface area contributed by atoms with Crippen molar-refractivity contribution in [1.29, 1.82) is 0 Å². The summed E-state index contributed by atoms with van der Waals surface area (Å²) in [5.41, 5.74) is 7.55. The topological polar surface area (TPSA) is 55.1 Å². The van der Waals surface area contributed by atoms with E-state index in [0.29, 0.717) is 16.2 Å². The fraction of sp³-hybridized carbons (Fsp3) is 0. The molecule has 0 bridgehead atoms. The lowest BCUT2D eigenvalue weighted by molar-refractivity contribution is 0.102. The van der Waals surface area contributed by atoms with Gasteiger partial charge in [0.15, 0.2) is 0 Å². The van der Waals surface area contributed by atoms with Crippen LogP contribution in [0.3, 0.4) is 0 Å². The number of halogens is 3. The Kier molecular flexibility index (Phi) is 5.75. The van der Waals surface area contributed by atoms with Gasteiger partial charge in [-0.3, -0.25) is 4.79 Å². The fourth-order valence-corrected chi connectivity index (χ4v) is 3.15. The minimum absolute atomic E-state index is 0.191. The molecular weight excluding hydrogens is 531 g/mol. The van der Waals surface area contributed by atoms with Gasteiger partial charge in [-0.15, -0.1) is 0 Å². The second-order valence-corrected chi connectivity index (χ2v) is 7.53. The van der Waals surface area contributed by atoms with Crippen molar-refractivity contribution in [2.24, 2.45) is 5.73 Å². The molecule has 0 saturated carbocycles. The number of amides is 1. The van der Waals surface area contributed by atoms with Crippen molar-refractivity contribution in [2.45, 2.75) is 0 Å². The molecule has 108 valence electrons. The Bertz CT molecular complexity index is 737. The standard InChI is InChI=1S/C14H9Br2IN2OS/c15-10-3-2-8(17)6-9(10)14(20)19-12-4-1-7(13(18)21)5-11(12)16/h1-6H,(H2,18,21)(H,19,20). The van der Waals surface area contributed by atoms with Crippen LogP contribution in [0.4, 0.5) is 5.69 Å². The van der Waals surface area contributed by atoms with Crippen molar-refractivity contribution in [3.05, 3.63) is 60.0 Å². The van der Waals surface area contributed by atoms with Crippen LogP contribution in [-0.4, -0.2) is 10.9 Å². The molecule has 0 spiro atoms. The molecular formula is C14H9Br2IN2OS. The Morgan fingerprint density at radius 3 is 2.48 bits per heavy atom. The number of nitrogens with one attached hydrogen (secondary N) is 1. The molecule has 0 unspecified atom stereocenters. The smallest absolute Gasteiger partial charge is 0.256 e. The summed E-state index contributed by atoms with van der Waals surface area (Å²) in [5, 5.41) is 2.86. The van der Waals surface area contributed by atoms with Crippen LogP contribution in [0.15, 0.2) is 45.3 Å². The van der Waals surface area contributed by atoms with E-state index in [1.165, 1.54) is 0 Å². The lowest BCUT2D eigenvalue weighted by atomic mass is 10.2. The first-order valence-corrected chi connectivity index (χ1v) is 8.81. The largest absolute Gasteiger partial charge is 0.389 e. The molecule has 1 amide bonds. The highest BCUT2D eigenvalue weighted by Gasteiger charge is 2.13. The molecule has 0 aliphatic heterocycles. The third kappa shape index (κ3) is 4.24. The zero-order chi connectivity index (χ0) is 15.6. The summed E-state index contributed by atoms with van der Waals surface area (Å²) >= 11 is 13.9. The molecule has 0 aliphatic rings. The van der Waals surface area contributed by atoms with Crippen LogP contribution in [0.1, 0.15) is 15.9 Å². The maximum absolute atomic E-state index is 12.3. The molecule has 3 N–H and O–H groups in total. The summed E-state index contributed by atoms with van der Waals surface area (Å²) in [6, 6.07) is 10.9. The molecule has 0 aliphatic carbocycles. The van der Waals surface area contributed by atoms with E-state index in [4.69, 9.17) is 18.0 Å². The lowest BCUT2D eigenvalue weighted by Crippen LogP contribution is -2.14. The van der Waals surface area contributed by atoms with Crippen molar-refractivity contribution in [3.63, 3.8) is 0 Å². The van der Waals surface area contributed by atoms with Crippen molar-refractivity contribution in [2.75, 3.05) is 5.32 Å². The fourth-order valence-electron chi connectivity index (χ4n) is 1.63. The van der Waals surface area contributed by atoms with Crippen molar-refractivity contribution < 1.29 is 4.79 Å². The molecule has 21 heavy (non-hydrogen) atoms. The summed E-state index contributed by atoms with van der Waals surface area (Å²) in [6.07, 6.45) is 0. The van der Waals surface area contributed by atoms with Crippen molar-refractivity contribution in [3.8, 4) is 0 Å². The van der Waals surface area contributed by atoms with Crippen LogP contribution in [-0.2, 0) is 0 Å². The molecule has 0 fully saturated rings. The third-order valence-corrected chi connectivity index (χ3v) is 4.93. The molecule has 0 heterocycles. The Labute approximate surface area is 158 Å². The Morgan fingerprint density at radius 1 is 1.14 bits per heavy atom. The van der Waals surface area contributed by atoms with E-state index in [9.17, 15) is 4.79 Å². The van der Waals surface area contributed by atoms with E-state index in [2.05, 4.69) is 59.8 Å². The van der Waals surface area contributed by atoms with Crippen LogP contribution in [0.25, 0.3) is 0 Å². The number of carbonyl (C=O) groups excluding carboxylic acids is 1. The average Bonchev–Trinajstić information content (AvgIpc) is 2.43. The number of hydrogen-bond acceptors (Lipinski definition) is 2. The van der Waals surface area contributed by atoms with Crippen LogP contribution in [0, 0.1) is 3.57 Å². The van der Waals surface area contributed by atoms with Crippen molar-refractivity contribution in [1.82, 2.24) is 0 Å². The van der Waals surface area contributed by atoms with Crippen LogP contribution >= 0.6 is 66.7 Å². The average molecular weight is 540 g/mol. The first-order chi connectivity index (χ1) is 9.88. The zero-order valence-electron chi connectivity index (χ0n) is 10.5. The highest BCUT2D eigenvalue weighted by Crippen LogP contribution is 2.26. The minimum Gasteiger partial charge on any atom is -0.389 e. The van der Waals surface area contributed by atoms with Gasteiger partial charge in [0, 0.05) is 18.1 Å². The van der Waals surface area contributed by atoms with E-state index < -0.39 is 0 Å². The normalized spacial score (nSPS) is 10.2. The quantitative estimate of drug-likeness (QED) is 0.439. The number of benzene rings is 2. The lowest BCUT2D eigenvalue weighted by Gasteiger charge is -2.10. The van der Waals surface area contributed by atoms with Crippen LogP contribution < -0.4 is 11.1 Å². The van der Waals surface area contributed by atoms with Gasteiger partial charge in [-0.1, -0.05) is 12.2 Å². The number of rotatable bonds is 3. The van der Waals surface area contributed by atoms with Gasteiger partial charge >= 0.3 is 0 Å². The van der Waals surface area contributed by atoms with Crippen LogP contribution in [0.5, 0.6) is 0 Å². The number of hydrogen-bond donors (Lipinski definition) is 2. The maximum atomic E-state index is 12.3. The highest BCUT2D eigenvalue weighted by atomic mass is 127. The van der Waals surface area contributed by atoms with Gasteiger partial charge in [-0.25, -0.2) is 0 Å². The Morgan fingerprint density at radius 2 is 1.86 bits per heavy atom. The first-order valence-electron chi connectivity index (χ1n) is 5.74. The van der Waals surface area contributed by atoms with E-state index in [1.54, 1.807) is 18.2 Å². The minimum atomic E-state index is -0.191. The van der Waals surface area contributed by atoms with E-state index in [0.717, 1.165) is 18.1 Å². The molecule has 0 atom stereocenters. The molecule has 3 nitrogen and oxygen atoms in total. The molecule has 0 saturated heterocycles. The predicted octanol–water partition coefficient (Wildman–Crippen LogP) is 4.70. The van der Waals surface area contributed by atoms with Gasteiger partial charge in [0.2, 0.25) is 0 Å². The predicted molar refractivity (Wildman–Crippen MR) is 105 cm³/mol. The monoisotopic (exact) mass is 538 g/mol. The molecule has 2 aromatic rings. The third-order valence-electron chi connectivity index (χ3n) is 2.67. The van der Waals surface area contributed by atoms with Crippen molar-refractivity contribution >= 4 is 83.3 Å². The van der Waals surface area contributed by atoms with Gasteiger partial charge < -0.3 is 11.1 Å². The van der Waals surface area contributed by atoms with E-state index >= 15 is 0 Å². The van der Waals surface area contributed by atoms with Gasteiger partial charge in [-0.2, -0.15) is 0 Å². The molecule has 0 aromatic heterocycles. The summed E-state index contributed by atoms with van der Waals surface area (Å²) in [5.74, 6) is -0.191. The number of anilines is 1. The molecule has 2 aromatic carbocycles. The molecule has 7 heteroatoms. The van der Waals surface area contributed by atoms with Crippen LogP contribution in [0.2, 0.25) is 0 Å². The SMILES string of the molecule is NC(=S)c1ccc(NC(=O)c2cc(I)ccc2Br)c(Br)c1. The van der Waals surface area contributed by atoms with E-state index in [-0.39, 0.29) is 5.91 Å². The summed E-state index contributed by atoms with van der Waals surface area (Å²) in [6.45, 7) is 0. The second kappa shape index (κ2) is 7.17. The number of carbonyl (C=O) groups is 1. The van der Waals surface area contributed by atoms with Gasteiger partial charge in [0.25, 0.3) is 5.91 Å². The first kappa shape index (κ1) is 16.9. The van der Waals surface area contributed by atoms with E-state index in [1.807, 2.05) is 18.2 Å². The van der Waals surface area contributed by atoms with Gasteiger partial charge in [0.05, 0.1) is 11.3 Å². The Balaban J connectivity index is 2.27. The summed E-state index contributed by atoms with van der Waals surface area (Å²) in [7, 11) is 0. The second-order valence-electron chi connectivity index (χ2n) is 4.14. The summed E-state index contributed by atoms with van der Waals surface area (Å²) < 4.78 is 2.46. The maximum Gasteiger partial charge on any atom is 0.256 e.